The van der Waals surface area contributed by atoms with Gasteiger partial charge >= 0.3 is 6.18 Å². The maximum atomic E-state index is 12.9. The maximum Gasteiger partial charge on any atom is 0.416 e. The van der Waals surface area contributed by atoms with Crippen molar-refractivity contribution in [2.45, 2.75) is 25.4 Å². The van der Waals surface area contributed by atoms with Crippen LogP contribution < -0.4 is 4.90 Å². The molecule has 0 radical (unpaired) electrons. The highest BCUT2D eigenvalue weighted by molar-refractivity contribution is 5.89. The van der Waals surface area contributed by atoms with Gasteiger partial charge in [0.25, 0.3) is 0 Å². The van der Waals surface area contributed by atoms with E-state index in [1.54, 1.807) is 6.08 Å². The molecule has 0 saturated carbocycles. The van der Waals surface area contributed by atoms with Gasteiger partial charge in [0.2, 0.25) is 0 Å². The van der Waals surface area contributed by atoms with Gasteiger partial charge in [-0.2, -0.15) is 18.4 Å². The molecule has 0 amide bonds. The normalized spacial score (nSPS) is 15.6. The summed E-state index contributed by atoms with van der Waals surface area (Å²) in [5, 5.41) is 9.39. The van der Waals surface area contributed by atoms with E-state index in [-0.39, 0.29) is 11.1 Å². The highest BCUT2D eigenvalue weighted by Crippen LogP contribution is 2.31. The SMILES string of the molecule is N#C/C(=C/c1ccc(N2CCCCC2)cc1)c1cccc(C(F)(F)F)c1. The fraction of sp³-hybridized carbons (Fsp3) is 0.286. The number of nitriles is 1. The molecule has 0 aromatic heterocycles. The number of nitrogens with zero attached hydrogens (tertiary/aromatic N) is 2. The van der Waals surface area contributed by atoms with Crippen molar-refractivity contribution in [3.8, 4) is 6.07 Å². The van der Waals surface area contributed by atoms with E-state index in [1.807, 2.05) is 30.3 Å². The van der Waals surface area contributed by atoms with E-state index in [1.165, 1.54) is 31.4 Å². The van der Waals surface area contributed by atoms with Crippen LogP contribution in [0.15, 0.2) is 48.5 Å². The Kier molecular flexibility index (Phi) is 5.32. The number of benzene rings is 2. The molecule has 1 aliphatic rings. The second kappa shape index (κ2) is 7.65. The summed E-state index contributed by atoms with van der Waals surface area (Å²) in [7, 11) is 0. The van der Waals surface area contributed by atoms with E-state index in [0.29, 0.717) is 0 Å². The minimum atomic E-state index is -4.42. The van der Waals surface area contributed by atoms with Gasteiger partial charge in [0.1, 0.15) is 0 Å². The molecule has 0 aliphatic carbocycles. The van der Waals surface area contributed by atoms with Gasteiger partial charge in [0, 0.05) is 18.8 Å². The first-order valence-corrected chi connectivity index (χ1v) is 8.62. The molecule has 26 heavy (non-hydrogen) atoms. The van der Waals surface area contributed by atoms with E-state index < -0.39 is 11.7 Å². The molecule has 1 aliphatic heterocycles. The molecule has 0 unspecified atom stereocenters. The summed E-state index contributed by atoms with van der Waals surface area (Å²) in [5.41, 5.74) is 1.65. The highest BCUT2D eigenvalue weighted by atomic mass is 19.4. The zero-order valence-electron chi connectivity index (χ0n) is 14.3. The quantitative estimate of drug-likeness (QED) is 0.516. The molecule has 1 saturated heterocycles. The first kappa shape index (κ1) is 18.1. The van der Waals surface area contributed by atoms with Crippen LogP contribution >= 0.6 is 0 Å². The van der Waals surface area contributed by atoms with Crippen LogP contribution in [-0.4, -0.2) is 13.1 Å². The molecule has 0 N–H and O–H groups in total. The smallest absolute Gasteiger partial charge is 0.372 e. The Morgan fingerprint density at radius 1 is 1.00 bits per heavy atom. The third kappa shape index (κ3) is 4.26. The molecule has 2 aromatic carbocycles. The van der Waals surface area contributed by atoms with Crippen LogP contribution in [0.3, 0.4) is 0 Å². The minimum absolute atomic E-state index is 0.210. The number of alkyl halides is 3. The molecule has 0 spiro atoms. The standard InChI is InChI=1S/C21H19F3N2/c22-21(23,24)19-6-4-5-17(14-19)18(15-25)13-16-7-9-20(10-8-16)26-11-2-1-3-12-26/h4-10,13-14H,1-3,11-12H2/b18-13-. The molecule has 2 aromatic rings. The Hall–Kier alpha value is -2.74. The Balaban J connectivity index is 1.84. The van der Waals surface area contributed by atoms with Gasteiger partial charge < -0.3 is 4.90 Å². The number of halogens is 3. The summed E-state index contributed by atoms with van der Waals surface area (Å²) < 4.78 is 38.6. The van der Waals surface area contributed by atoms with Crippen molar-refractivity contribution in [3.63, 3.8) is 0 Å². The van der Waals surface area contributed by atoms with Crippen molar-refractivity contribution in [1.29, 1.82) is 5.26 Å². The van der Waals surface area contributed by atoms with E-state index in [9.17, 15) is 18.4 Å². The Bertz CT molecular complexity index is 824. The summed E-state index contributed by atoms with van der Waals surface area (Å²) in [6.07, 6.45) is 0.841. The van der Waals surface area contributed by atoms with Gasteiger partial charge in [-0.05, 0) is 60.7 Å². The number of rotatable bonds is 3. The lowest BCUT2D eigenvalue weighted by molar-refractivity contribution is -0.137. The summed E-state index contributed by atoms with van der Waals surface area (Å²) in [6, 6.07) is 14.7. The summed E-state index contributed by atoms with van der Waals surface area (Å²) in [4.78, 5) is 2.33. The van der Waals surface area contributed by atoms with Gasteiger partial charge in [0.05, 0.1) is 17.2 Å². The molecular formula is C21H19F3N2. The van der Waals surface area contributed by atoms with E-state index in [2.05, 4.69) is 4.90 Å². The fourth-order valence-corrected chi connectivity index (χ4v) is 3.14. The lowest BCUT2D eigenvalue weighted by Gasteiger charge is -2.28. The first-order chi connectivity index (χ1) is 12.5. The van der Waals surface area contributed by atoms with Crippen molar-refractivity contribution >= 4 is 17.3 Å². The van der Waals surface area contributed by atoms with E-state index in [0.717, 1.165) is 36.5 Å². The van der Waals surface area contributed by atoms with Crippen molar-refractivity contribution in [2.75, 3.05) is 18.0 Å². The molecule has 1 fully saturated rings. The second-order valence-electron chi connectivity index (χ2n) is 6.39. The van der Waals surface area contributed by atoms with Crippen molar-refractivity contribution in [3.05, 3.63) is 65.2 Å². The fourth-order valence-electron chi connectivity index (χ4n) is 3.14. The van der Waals surface area contributed by atoms with Crippen molar-refractivity contribution in [2.24, 2.45) is 0 Å². The zero-order valence-corrected chi connectivity index (χ0v) is 14.3. The molecule has 3 rings (SSSR count). The molecule has 2 nitrogen and oxygen atoms in total. The molecule has 134 valence electrons. The molecule has 1 heterocycles. The summed E-state index contributed by atoms with van der Waals surface area (Å²) in [6.45, 7) is 2.09. The lowest BCUT2D eigenvalue weighted by Crippen LogP contribution is -2.29. The number of piperidine rings is 1. The topological polar surface area (TPSA) is 27.0 Å². The third-order valence-electron chi connectivity index (χ3n) is 4.55. The molecular weight excluding hydrogens is 337 g/mol. The number of anilines is 1. The monoisotopic (exact) mass is 356 g/mol. The van der Waals surface area contributed by atoms with Gasteiger partial charge in [0.15, 0.2) is 0 Å². The predicted molar refractivity (Wildman–Crippen MR) is 97.4 cm³/mol. The minimum Gasteiger partial charge on any atom is -0.372 e. The third-order valence-corrected chi connectivity index (χ3v) is 4.55. The summed E-state index contributed by atoms with van der Waals surface area (Å²) in [5.74, 6) is 0. The largest absolute Gasteiger partial charge is 0.416 e. The highest BCUT2D eigenvalue weighted by Gasteiger charge is 2.30. The van der Waals surface area contributed by atoms with Crippen LogP contribution in [0.4, 0.5) is 18.9 Å². The number of allylic oxidation sites excluding steroid dienone is 1. The van der Waals surface area contributed by atoms with Crippen LogP contribution in [-0.2, 0) is 6.18 Å². The number of hydrogen-bond donors (Lipinski definition) is 0. The van der Waals surface area contributed by atoms with Gasteiger partial charge in [-0.15, -0.1) is 0 Å². The Morgan fingerprint density at radius 2 is 1.69 bits per heavy atom. The van der Waals surface area contributed by atoms with Crippen LogP contribution in [0.1, 0.15) is 36.0 Å². The molecule has 5 heteroatoms. The Morgan fingerprint density at radius 3 is 2.31 bits per heavy atom. The van der Waals surface area contributed by atoms with Crippen molar-refractivity contribution in [1.82, 2.24) is 0 Å². The van der Waals surface area contributed by atoms with Crippen LogP contribution in [0.2, 0.25) is 0 Å². The second-order valence-corrected chi connectivity index (χ2v) is 6.39. The van der Waals surface area contributed by atoms with Crippen LogP contribution in [0.5, 0.6) is 0 Å². The van der Waals surface area contributed by atoms with E-state index >= 15 is 0 Å². The van der Waals surface area contributed by atoms with E-state index in [4.69, 9.17) is 0 Å². The Labute approximate surface area is 151 Å². The van der Waals surface area contributed by atoms with Gasteiger partial charge in [-0.3, -0.25) is 0 Å². The average Bonchev–Trinajstić information content (AvgIpc) is 2.67. The van der Waals surface area contributed by atoms with Crippen LogP contribution in [0, 0.1) is 11.3 Å². The predicted octanol–water partition coefficient (Wildman–Crippen LogP) is 5.76. The zero-order chi connectivity index (χ0) is 18.6. The summed E-state index contributed by atoms with van der Waals surface area (Å²) >= 11 is 0. The van der Waals surface area contributed by atoms with Gasteiger partial charge in [-0.25, -0.2) is 0 Å². The van der Waals surface area contributed by atoms with Crippen molar-refractivity contribution < 1.29 is 13.2 Å². The molecule has 0 bridgehead atoms. The molecule has 0 atom stereocenters. The number of hydrogen-bond acceptors (Lipinski definition) is 2. The average molecular weight is 356 g/mol. The first-order valence-electron chi connectivity index (χ1n) is 8.62. The van der Waals surface area contributed by atoms with Crippen LogP contribution in [0.25, 0.3) is 11.6 Å². The lowest BCUT2D eigenvalue weighted by atomic mass is 10.0. The van der Waals surface area contributed by atoms with Gasteiger partial charge in [-0.1, -0.05) is 24.3 Å². The maximum absolute atomic E-state index is 12.9.